The number of rotatable bonds is 3. The number of carbonyl (C=O) groups is 3. The van der Waals surface area contributed by atoms with E-state index < -0.39 is 17.8 Å². The van der Waals surface area contributed by atoms with Crippen LogP contribution in [0, 0.1) is 5.82 Å². The number of halogens is 1. The number of amides is 4. The van der Waals surface area contributed by atoms with Gasteiger partial charge in [0.15, 0.2) is 0 Å². The quantitative estimate of drug-likeness (QED) is 0.651. The van der Waals surface area contributed by atoms with Crippen LogP contribution in [0.5, 0.6) is 0 Å². The zero-order chi connectivity index (χ0) is 19.8. The topological polar surface area (TPSA) is 82.9 Å². The lowest BCUT2D eigenvalue weighted by Crippen LogP contribution is -2.54. The molecular formula is C20H18FN3O4. The molecule has 1 fully saturated rings. The predicted molar refractivity (Wildman–Crippen MR) is 97.5 cm³/mol. The average Bonchev–Trinajstić information content (AvgIpc) is 3.17. The fourth-order valence-corrected chi connectivity index (χ4v) is 3.47. The molecule has 2 aliphatic rings. The number of anilines is 1. The van der Waals surface area contributed by atoms with Crippen LogP contribution in [-0.2, 0) is 22.6 Å². The summed E-state index contributed by atoms with van der Waals surface area (Å²) in [5.41, 5.74) is 1.39. The maximum atomic E-state index is 13.6. The number of furan rings is 1. The minimum atomic E-state index is -0.794. The summed E-state index contributed by atoms with van der Waals surface area (Å²) >= 11 is 0. The van der Waals surface area contributed by atoms with E-state index in [0.29, 0.717) is 12.2 Å². The second kappa shape index (κ2) is 6.95. The van der Waals surface area contributed by atoms with Gasteiger partial charge in [-0.05, 0) is 55.7 Å². The Bertz CT molecular complexity index is 983. The predicted octanol–water partition coefficient (Wildman–Crippen LogP) is 2.72. The van der Waals surface area contributed by atoms with Gasteiger partial charge in [0.25, 0.3) is 11.8 Å². The first-order chi connectivity index (χ1) is 13.4. The van der Waals surface area contributed by atoms with Crippen LogP contribution in [0.1, 0.15) is 24.7 Å². The third kappa shape index (κ3) is 3.17. The van der Waals surface area contributed by atoms with Crippen molar-refractivity contribution < 1.29 is 23.2 Å². The number of aryl methyl sites for hydroxylation is 1. The summed E-state index contributed by atoms with van der Waals surface area (Å²) in [4.78, 5) is 40.1. The molecule has 1 atom stereocenters. The summed E-state index contributed by atoms with van der Waals surface area (Å²) < 4.78 is 18.8. The highest BCUT2D eigenvalue weighted by atomic mass is 19.1. The van der Waals surface area contributed by atoms with Gasteiger partial charge in [0.05, 0.1) is 12.8 Å². The lowest BCUT2D eigenvalue weighted by atomic mass is 9.96. The molecular weight excluding hydrogens is 365 g/mol. The first kappa shape index (κ1) is 18.0. The highest BCUT2D eigenvalue weighted by Crippen LogP contribution is 2.32. The Balaban J connectivity index is 1.69. The molecule has 7 nitrogen and oxygen atoms in total. The molecule has 0 spiro atoms. The number of hydrogen-bond acceptors (Lipinski definition) is 5. The molecule has 0 radical (unpaired) electrons. The number of benzene rings is 1. The Kier molecular flexibility index (Phi) is 4.46. The van der Waals surface area contributed by atoms with Crippen molar-refractivity contribution in [3.63, 3.8) is 0 Å². The van der Waals surface area contributed by atoms with Crippen molar-refractivity contribution >= 4 is 23.5 Å². The molecule has 3 heterocycles. The highest BCUT2D eigenvalue weighted by Gasteiger charge is 2.37. The highest BCUT2D eigenvalue weighted by molar-refractivity contribution is 6.28. The van der Waals surface area contributed by atoms with Crippen molar-refractivity contribution in [2.24, 2.45) is 0 Å². The van der Waals surface area contributed by atoms with Gasteiger partial charge in [0.2, 0.25) is 0 Å². The number of fused-ring (bicyclic) bond motifs is 1. The SMILES string of the molecule is C[C@@H]1CCc2cc(F)ccc2N1/C=C1\C(=O)NC(=O)N(Cc2ccco2)C1=O. The molecule has 0 unspecified atom stereocenters. The number of barbiturate groups is 1. The normalized spacial score (nSPS) is 21.1. The van der Waals surface area contributed by atoms with Crippen molar-refractivity contribution in [1.82, 2.24) is 10.2 Å². The Morgan fingerprint density at radius 1 is 1.29 bits per heavy atom. The van der Waals surface area contributed by atoms with Crippen molar-refractivity contribution in [2.45, 2.75) is 32.4 Å². The van der Waals surface area contributed by atoms with Crippen molar-refractivity contribution in [3.8, 4) is 0 Å². The van der Waals surface area contributed by atoms with Gasteiger partial charge in [-0.1, -0.05) is 0 Å². The lowest BCUT2D eigenvalue weighted by molar-refractivity contribution is -0.130. The van der Waals surface area contributed by atoms with Crippen LogP contribution in [0.3, 0.4) is 0 Å². The van der Waals surface area contributed by atoms with Crippen molar-refractivity contribution in [3.05, 3.63) is 65.5 Å². The molecule has 0 aliphatic carbocycles. The fraction of sp³-hybridized carbons (Fsp3) is 0.250. The van der Waals surface area contributed by atoms with E-state index in [0.717, 1.165) is 22.6 Å². The van der Waals surface area contributed by atoms with Crippen molar-refractivity contribution in [2.75, 3.05) is 4.90 Å². The summed E-state index contributed by atoms with van der Waals surface area (Å²) in [5, 5.41) is 2.19. The Morgan fingerprint density at radius 3 is 2.86 bits per heavy atom. The zero-order valence-corrected chi connectivity index (χ0v) is 15.1. The summed E-state index contributed by atoms with van der Waals surface area (Å²) in [6, 6.07) is 6.93. The van der Waals surface area contributed by atoms with Crippen molar-refractivity contribution in [1.29, 1.82) is 0 Å². The molecule has 4 rings (SSSR count). The minimum absolute atomic E-state index is 0.00205. The number of carbonyl (C=O) groups excluding carboxylic acids is 3. The molecule has 0 bridgehead atoms. The monoisotopic (exact) mass is 383 g/mol. The average molecular weight is 383 g/mol. The van der Waals surface area contributed by atoms with Crippen LogP contribution in [-0.4, -0.2) is 28.8 Å². The summed E-state index contributed by atoms with van der Waals surface area (Å²) in [7, 11) is 0. The Hall–Kier alpha value is -3.42. The maximum Gasteiger partial charge on any atom is 0.331 e. The van der Waals surface area contributed by atoms with Crippen LogP contribution in [0.2, 0.25) is 0 Å². The first-order valence-corrected chi connectivity index (χ1v) is 8.92. The van der Waals surface area contributed by atoms with Gasteiger partial charge in [-0.2, -0.15) is 0 Å². The summed E-state index contributed by atoms with van der Waals surface area (Å²) in [6.45, 7) is 1.87. The number of nitrogens with zero attached hydrogens (tertiary/aromatic N) is 2. The number of nitrogens with one attached hydrogen (secondary N) is 1. The largest absolute Gasteiger partial charge is 0.467 e. The molecule has 4 amide bonds. The lowest BCUT2D eigenvalue weighted by Gasteiger charge is -2.35. The minimum Gasteiger partial charge on any atom is -0.467 e. The van der Waals surface area contributed by atoms with Gasteiger partial charge >= 0.3 is 6.03 Å². The third-order valence-electron chi connectivity index (χ3n) is 4.97. The third-order valence-corrected chi connectivity index (χ3v) is 4.97. The second-order valence-corrected chi connectivity index (χ2v) is 6.84. The van der Waals surface area contributed by atoms with E-state index in [-0.39, 0.29) is 24.0 Å². The van der Waals surface area contributed by atoms with E-state index in [1.54, 1.807) is 23.1 Å². The van der Waals surface area contributed by atoms with E-state index in [2.05, 4.69) is 5.32 Å². The first-order valence-electron chi connectivity index (χ1n) is 8.92. The molecule has 0 saturated carbocycles. The van der Waals surface area contributed by atoms with Crippen LogP contribution in [0.15, 0.2) is 52.8 Å². The van der Waals surface area contributed by atoms with Crippen LogP contribution < -0.4 is 10.2 Å². The van der Waals surface area contributed by atoms with Gasteiger partial charge in [-0.15, -0.1) is 0 Å². The Morgan fingerprint density at radius 2 is 2.11 bits per heavy atom. The number of imide groups is 2. The molecule has 1 N–H and O–H groups in total. The molecule has 144 valence electrons. The van der Waals surface area contributed by atoms with E-state index in [1.807, 2.05) is 6.92 Å². The van der Waals surface area contributed by atoms with E-state index in [9.17, 15) is 18.8 Å². The van der Waals surface area contributed by atoms with Gasteiger partial charge in [-0.3, -0.25) is 19.8 Å². The van der Waals surface area contributed by atoms with E-state index in [4.69, 9.17) is 4.42 Å². The smallest absolute Gasteiger partial charge is 0.331 e. The van der Waals surface area contributed by atoms with Crippen LogP contribution in [0.4, 0.5) is 14.9 Å². The van der Waals surface area contributed by atoms with Crippen LogP contribution in [0.25, 0.3) is 0 Å². The maximum absolute atomic E-state index is 13.6. The molecule has 1 saturated heterocycles. The summed E-state index contributed by atoms with van der Waals surface area (Å²) in [6.07, 6.45) is 4.33. The molecule has 28 heavy (non-hydrogen) atoms. The molecule has 8 heteroatoms. The fourth-order valence-electron chi connectivity index (χ4n) is 3.47. The number of urea groups is 1. The second-order valence-electron chi connectivity index (χ2n) is 6.84. The van der Waals surface area contributed by atoms with Gasteiger partial charge in [0.1, 0.15) is 17.2 Å². The van der Waals surface area contributed by atoms with Gasteiger partial charge in [-0.25, -0.2) is 9.18 Å². The standard InChI is InChI=1S/C20H18FN3O4/c1-12-4-5-13-9-14(21)6-7-17(13)23(12)11-16-18(25)22-20(27)24(19(16)26)10-15-3-2-8-28-15/h2-3,6-9,11-12H,4-5,10H2,1H3,(H,22,25,27)/b16-11+/t12-/m1/s1. The molecule has 2 aliphatic heterocycles. The van der Waals surface area contributed by atoms with Gasteiger partial charge in [0, 0.05) is 17.9 Å². The number of hydrogen-bond donors (Lipinski definition) is 1. The molecule has 2 aromatic rings. The molecule has 1 aromatic carbocycles. The molecule has 1 aromatic heterocycles. The van der Waals surface area contributed by atoms with E-state index in [1.165, 1.54) is 24.6 Å². The van der Waals surface area contributed by atoms with Crippen LogP contribution >= 0.6 is 0 Å². The van der Waals surface area contributed by atoms with Gasteiger partial charge < -0.3 is 9.32 Å². The zero-order valence-electron chi connectivity index (χ0n) is 15.1. The van der Waals surface area contributed by atoms with E-state index >= 15 is 0 Å². The Labute approximate surface area is 160 Å². The summed E-state index contributed by atoms with van der Waals surface area (Å²) in [5.74, 6) is -1.37.